The van der Waals surface area contributed by atoms with Crippen LogP contribution in [-0.4, -0.2) is 5.11 Å². The maximum Gasteiger partial charge on any atom is 0.139 e. The van der Waals surface area contributed by atoms with E-state index in [2.05, 4.69) is 15.9 Å². The van der Waals surface area contributed by atoms with Crippen LogP contribution in [0.4, 0.5) is 5.69 Å². The molecule has 20 heavy (non-hydrogen) atoms. The van der Waals surface area contributed by atoms with Gasteiger partial charge in [-0.25, -0.2) is 0 Å². The van der Waals surface area contributed by atoms with E-state index in [9.17, 15) is 5.11 Å². The van der Waals surface area contributed by atoms with Gasteiger partial charge in [0.25, 0.3) is 0 Å². The molecule has 102 valence electrons. The van der Waals surface area contributed by atoms with E-state index >= 15 is 0 Å². The summed E-state index contributed by atoms with van der Waals surface area (Å²) in [6.07, 6.45) is -0.875. The summed E-state index contributed by atoms with van der Waals surface area (Å²) in [5.74, 6) is 0.496. The van der Waals surface area contributed by atoms with E-state index in [-0.39, 0.29) is 0 Å². The van der Waals surface area contributed by atoms with Gasteiger partial charge in [-0.1, -0.05) is 27.6 Å². The highest BCUT2D eigenvalue weighted by atomic mass is 79.9. The zero-order chi connectivity index (χ0) is 14.3. The van der Waals surface area contributed by atoms with Crippen LogP contribution in [0.1, 0.15) is 23.0 Å². The lowest BCUT2D eigenvalue weighted by atomic mass is 10.0. The molecule has 1 unspecified atom stereocenters. The fourth-order valence-electron chi connectivity index (χ4n) is 2.25. The average molecular weight is 332 g/mol. The second-order valence-corrected chi connectivity index (χ2v) is 5.78. The molecule has 0 spiro atoms. The Morgan fingerprint density at radius 3 is 2.75 bits per heavy atom. The predicted octanol–water partition coefficient (Wildman–Crippen LogP) is 4.17. The number of hydrogen-bond donors (Lipinski definition) is 2. The molecular weight excluding hydrogens is 318 g/mol. The Morgan fingerprint density at radius 2 is 1.95 bits per heavy atom. The van der Waals surface area contributed by atoms with Gasteiger partial charge in [-0.15, -0.1) is 0 Å². The topological polar surface area (TPSA) is 59.4 Å². The smallest absolute Gasteiger partial charge is 0.139 e. The van der Waals surface area contributed by atoms with Gasteiger partial charge < -0.3 is 15.3 Å². The highest BCUT2D eigenvalue weighted by molar-refractivity contribution is 9.10. The Bertz CT molecular complexity index is 779. The number of rotatable bonds is 2. The summed E-state index contributed by atoms with van der Waals surface area (Å²) in [5.41, 5.74) is 9.01. The summed E-state index contributed by atoms with van der Waals surface area (Å²) in [7, 11) is 0. The molecule has 0 saturated carbocycles. The number of aliphatic hydroxyl groups is 1. The van der Waals surface area contributed by atoms with E-state index in [0.717, 1.165) is 21.0 Å². The molecule has 1 aromatic heterocycles. The van der Waals surface area contributed by atoms with Gasteiger partial charge in [-0.05, 0) is 43.3 Å². The number of nitrogen functional groups attached to an aromatic ring is 1. The van der Waals surface area contributed by atoms with Gasteiger partial charge in [0, 0.05) is 21.1 Å². The molecule has 0 aliphatic carbocycles. The van der Waals surface area contributed by atoms with Gasteiger partial charge >= 0.3 is 0 Å². The fraction of sp³-hybridized carbons (Fsp3) is 0.125. The van der Waals surface area contributed by atoms with Gasteiger partial charge in [0.2, 0.25) is 0 Å². The molecular formula is C16H14BrNO2. The number of benzene rings is 2. The summed E-state index contributed by atoms with van der Waals surface area (Å²) in [6, 6.07) is 13.2. The molecule has 0 fully saturated rings. The number of aryl methyl sites for hydroxylation is 1. The Kier molecular flexibility index (Phi) is 3.28. The third kappa shape index (κ3) is 2.32. The molecule has 0 amide bonds. The highest BCUT2D eigenvalue weighted by Crippen LogP contribution is 2.32. The molecule has 3 nitrogen and oxygen atoms in total. The van der Waals surface area contributed by atoms with E-state index in [1.54, 1.807) is 12.1 Å². The SMILES string of the molecule is Cc1ccc2oc(C(O)c3cc(Br)ccc3N)cc2c1. The van der Waals surface area contributed by atoms with E-state index in [0.29, 0.717) is 17.0 Å². The van der Waals surface area contributed by atoms with Crippen molar-refractivity contribution in [2.75, 3.05) is 5.73 Å². The lowest BCUT2D eigenvalue weighted by Crippen LogP contribution is -2.02. The zero-order valence-corrected chi connectivity index (χ0v) is 12.5. The average Bonchev–Trinajstić information content (AvgIpc) is 2.83. The van der Waals surface area contributed by atoms with Gasteiger partial charge in [-0.2, -0.15) is 0 Å². The molecule has 1 atom stereocenters. The number of hydrogen-bond acceptors (Lipinski definition) is 3. The molecule has 0 radical (unpaired) electrons. The minimum absolute atomic E-state index is 0.496. The molecule has 2 aromatic carbocycles. The van der Waals surface area contributed by atoms with Crippen molar-refractivity contribution in [2.45, 2.75) is 13.0 Å². The number of furan rings is 1. The summed E-state index contributed by atoms with van der Waals surface area (Å²) >= 11 is 3.38. The van der Waals surface area contributed by atoms with Crippen molar-refractivity contribution >= 4 is 32.6 Å². The number of nitrogens with two attached hydrogens (primary N) is 1. The third-order valence-electron chi connectivity index (χ3n) is 3.30. The van der Waals surface area contributed by atoms with Gasteiger partial charge in [0.15, 0.2) is 0 Å². The Hall–Kier alpha value is -1.78. The van der Waals surface area contributed by atoms with Crippen molar-refractivity contribution in [3.05, 3.63) is 63.8 Å². The van der Waals surface area contributed by atoms with Crippen molar-refractivity contribution in [3.63, 3.8) is 0 Å². The second-order valence-electron chi connectivity index (χ2n) is 4.87. The Labute approximate surface area is 125 Å². The fourth-order valence-corrected chi connectivity index (χ4v) is 2.63. The van der Waals surface area contributed by atoms with Crippen LogP contribution in [0, 0.1) is 6.92 Å². The molecule has 3 aromatic rings. The molecule has 3 N–H and O–H groups in total. The van der Waals surface area contributed by atoms with Crippen molar-refractivity contribution < 1.29 is 9.52 Å². The molecule has 0 bridgehead atoms. The maximum atomic E-state index is 10.5. The van der Waals surface area contributed by atoms with E-state index < -0.39 is 6.10 Å². The van der Waals surface area contributed by atoms with Crippen LogP contribution in [0.3, 0.4) is 0 Å². The molecule has 0 aliphatic rings. The highest BCUT2D eigenvalue weighted by Gasteiger charge is 2.18. The van der Waals surface area contributed by atoms with Crippen LogP contribution >= 0.6 is 15.9 Å². The predicted molar refractivity (Wildman–Crippen MR) is 83.6 cm³/mol. The van der Waals surface area contributed by atoms with Gasteiger partial charge in [0.05, 0.1) is 0 Å². The Balaban J connectivity index is 2.07. The van der Waals surface area contributed by atoms with E-state index in [1.165, 1.54) is 0 Å². The van der Waals surface area contributed by atoms with Crippen LogP contribution in [0.25, 0.3) is 11.0 Å². The summed E-state index contributed by atoms with van der Waals surface area (Å²) in [5, 5.41) is 11.5. The number of fused-ring (bicyclic) bond motifs is 1. The molecule has 4 heteroatoms. The molecule has 0 saturated heterocycles. The maximum absolute atomic E-state index is 10.5. The van der Waals surface area contributed by atoms with Crippen molar-refractivity contribution in [1.29, 1.82) is 0 Å². The van der Waals surface area contributed by atoms with Crippen molar-refractivity contribution in [1.82, 2.24) is 0 Å². The molecule has 1 heterocycles. The van der Waals surface area contributed by atoms with Crippen molar-refractivity contribution in [2.24, 2.45) is 0 Å². The number of halogens is 1. The number of anilines is 1. The first kappa shape index (κ1) is 13.2. The first-order valence-corrected chi connectivity index (χ1v) is 7.07. The van der Waals surface area contributed by atoms with Gasteiger partial charge in [-0.3, -0.25) is 0 Å². The molecule has 0 aliphatic heterocycles. The summed E-state index contributed by atoms with van der Waals surface area (Å²) < 4.78 is 6.58. The van der Waals surface area contributed by atoms with E-state index in [1.807, 2.05) is 37.3 Å². The van der Waals surface area contributed by atoms with E-state index in [4.69, 9.17) is 10.2 Å². The molecule has 3 rings (SSSR count). The van der Waals surface area contributed by atoms with Gasteiger partial charge in [0.1, 0.15) is 17.4 Å². The first-order chi connectivity index (χ1) is 9.54. The second kappa shape index (κ2) is 4.96. The number of aliphatic hydroxyl groups excluding tert-OH is 1. The quantitative estimate of drug-likeness (QED) is 0.693. The van der Waals surface area contributed by atoms with Crippen LogP contribution in [0.2, 0.25) is 0 Å². The third-order valence-corrected chi connectivity index (χ3v) is 3.80. The normalized spacial score (nSPS) is 12.8. The van der Waals surface area contributed by atoms with Crippen LogP contribution in [0.15, 0.2) is 51.4 Å². The lowest BCUT2D eigenvalue weighted by molar-refractivity contribution is 0.193. The monoisotopic (exact) mass is 331 g/mol. The minimum atomic E-state index is -0.875. The first-order valence-electron chi connectivity index (χ1n) is 6.27. The largest absolute Gasteiger partial charge is 0.458 e. The van der Waals surface area contributed by atoms with Crippen LogP contribution in [0.5, 0.6) is 0 Å². The van der Waals surface area contributed by atoms with Crippen molar-refractivity contribution in [3.8, 4) is 0 Å². The zero-order valence-electron chi connectivity index (χ0n) is 10.9. The standard InChI is InChI=1S/C16H14BrNO2/c1-9-2-5-14-10(6-9)7-15(20-14)16(19)12-8-11(17)3-4-13(12)18/h2-8,16,19H,18H2,1H3. The summed E-state index contributed by atoms with van der Waals surface area (Å²) in [6.45, 7) is 2.02. The van der Waals surface area contributed by atoms with Crippen LogP contribution in [-0.2, 0) is 0 Å². The van der Waals surface area contributed by atoms with Crippen LogP contribution < -0.4 is 5.73 Å². The Morgan fingerprint density at radius 1 is 1.15 bits per heavy atom. The minimum Gasteiger partial charge on any atom is -0.458 e. The lowest BCUT2D eigenvalue weighted by Gasteiger charge is -2.11. The summed E-state index contributed by atoms with van der Waals surface area (Å²) in [4.78, 5) is 0.